The van der Waals surface area contributed by atoms with Crippen LogP contribution in [0.1, 0.15) is 62.1 Å². The lowest BCUT2D eigenvalue weighted by atomic mass is 10.0. The minimum absolute atomic E-state index is 0.0000674. The van der Waals surface area contributed by atoms with Crippen LogP contribution >= 0.6 is 0 Å². The molecule has 0 radical (unpaired) electrons. The number of nitrogen functional groups attached to an aromatic ring is 1. The van der Waals surface area contributed by atoms with E-state index in [9.17, 15) is 19.2 Å². The van der Waals surface area contributed by atoms with Crippen LogP contribution in [0.2, 0.25) is 0 Å². The summed E-state index contributed by atoms with van der Waals surface area (Å²) in [6.45, 7) is 6.16. The lowest BCUT2D eigenvalue weighted by Crippen LogP contribution is -2.38. The summed E-state index contributed by atoms with van der Waals surface area (Å²) in [5, 5.41) is 19.0. The molecule has 0 fully saturated rings. The van der Waals surface area contributed by atoms with Crippen molar-refractivity contribution in [1.29, 1.82) is 0 Å². The molecule has 0 spiro atoms. The fraction of sp³-hybridized carbons (Fsp3) is 0.143. The summed E-state index contributed by atoms with van der Waals surface area (Å²) < 4.78 is 6.46. The second kappa shape index (κ2) is 10.4. The smallest absolute Gasteiger partial charge is 0.335 e. The topological polar surface area (TPSA) is 204 Å². The number of esters is 1. The van der Waals surface area contributed by atoms with Crippen LogP contribution in [-0.2, 0) is 16.1 Å². The molecule has 7 N–H and O–H groups in total. The van der Waals surface area contributed by atoms with E-state index in [1.807, 2.05) is 12.1 Å². The summed E-state index contributed by atoms with van der Waals surface area (Å²) in [6, 6.07) is 11.0. The normalized spacial score (nSPS) is 14.7. The second-order valence-electron chi connectivity index (χ2n) is 9.45. The van der Waals surface area contributed by atoms with Crippen LogP contribution < -0.4 is 26.8 Å². The molecule has 2 aromatic heterocycles. The van der Waals surface area contributed by atoms with Crippen molar-refractivity contribution in [3.63, 3.8) is 0 Å². The molecular weight excluding hydrogens is 530 g/mol. The monoisotopic (exact) mass is 555 g/mol. The minimum atomic E-state index is -1.26. The van der Waals surface area contributed by atoms with Gasteiger partial charge in [-0.25, -0.2) is 14.3 Å². The average Bonchev–Trinajstić information content (AvgIpc) is 3.47. The van der Waals surface area contributed by atoms with Gasteiger partial charge in [0.25, 0.3) is 5.91 Å². The Hall–Kier alpha value is -5.72. The number of hydrogen-bond acceptors (Lipinski definition) is 9. The van der Waals surface area contributed by atoms with Gasteiger partial charge in [-0.1, -0.05) is 24.8 Å². The Kier molecular flexibility index (Phi) is 6.85. The number of carbonyl (C=O) groups is 4. The second-order valence-corrected chi connectivity index (χ2v) is 9.45. The molecule has 0 saturated heterocycles. The van der Waals surface area contributed by atoms with Gasteiger partial charge in [-0.05, 0) is 48.4 Å². The zero-order valence-electron chi connectivity index (χ0n) is 21.7. The van der Waals surface area contributed by atoms with E-state index in [2.05, 4.69) is 27.3 Å². The number of hydrogen-bond donors (Lipinski definition) is 5. The molecule has 13 heteroatoms. The van der Waals surface area contributed by atoms with Crippen molar-refractivity contribution in [2.45, 2.75) is 25.4 Å². The Bertz CT molecular complexity index is 1740. The van der Waals surface area contributed by atoms with Gasteiger partial charge in [0, 0.05) is 12.1 Å². The Balaban J connectivity index is 1.39. The number of ether oxygens (including phenoxy) is 1. The molecule has 0 saturated carbocycles. The van der Waals surface area contributed by atoms with Gasteiger partial charge >= 0.3 is 11.9 Å². The van der Waals surface area contributed by atoms with E-state index < -0.39 is 23.8 Å². The highest BCUT2D eigenvalue weighted by Crippen LogP contribution is 2.35. The van der Waals surface area contributed by atoms with Gasteiger partial charge in [0.05, 0.1) is 34.8 Å². The first-order chi connectivity index (χ1) is 19.5. The van der Waals surface area contributed by atoms with Crippen molar-refractivity contribution in [2.75, 3.05) is 5.73 Å². The van der Waals surface area contributed by atoms with Crippen molar-refractivity contribution in [2.24, 2.45) is 5.73 Å². The van der Waals surface area contributed by atoms with Gasteiger partial charge in [0.1, 0.15) is 17.5 Å². The minimum Gasteiger partial charge on any atom is -0.478 e. The van der Waals surface area contributed by atoms with Crippen LogP contribution in [0.3, 0.4) is 0 Å². The Morgan fingerprint density at radius 2 is 1.90 bits per heavy atom. The third kappa shape index (κ3) is 5.15. The SMILES string of the molecule is C=C(NCc1ccc2c(c1)C(C)C(=O)O2)c1cc(C(=O)N[C@@H](C(N)=O)c2ccc(C(=O)O)cc2)n2ncc(N)c2n1. The van der Waals surface area contributed by atoms with Crippen LogP contribution in [-0.4, -0.2) is 43.5 Å². The van der Waals surface area contributed by atoms with Crippen LogP contribution in [0.15, 0.2) is 61.3 Å². The summed E-state index contributed by atoms with van der Waals surface area (Å²) in [6.07, 6.45) is 1.34. The standard InChI is InChI=1S/C28H25N7O6/c1-13-18-9-15(3-8-22(18)41-28(13)40)11-31-14(2)20-10-21(35-25(33-20)19(29)12-32-35)26(37)34-23(24(30)36)16-4-6-17(7-5-16)27(38)39/h3-10,12-13,23,31H,2,11,29H2,1H3,(H2,30,36)(H,34,37)(H,38,39)/t13?,23-/m1/s1. The van der Waals surface area contributed by atoms with E-state index >= 15 is 0 Å². The first kappa shape index (κ1) is 26.9. The summed E-state index contributed by atoms with van der Waals surface area (Å²) >= 11 is 0. The molecule has 1 aliphatic rings. The van der Waals surface area contributed by atoms with Crippen molar-refractivity contribution in [3.05, 3.63) is 94.9 Å². The third-order valence-corrected chi connectivity index (χ3v) is 6.70. The molecule has 13 nitrogen and oxygen atoms in total. The van der Waals surface area contributed by atoms with E-state index in [0.717, 1.165) is 11.1 Å². The van der Waals surface area contributed by atoms with Gasteiger partial charge < -0.3 is 31.9 Å². The molecule has 41 heavy (non-hydrogen) atoms. The number of anilines is 1. The van der Waals surface area contributed by atoms with E-state index in [4.69, 9.17) is 21.3 Å². The van der Waals surface area contributed by atoms with E-state index in [0.29, 0.717) is 29.2 Å². The highest BCUT2D eigenvalue weighted by atomic mass is 16.5. The molecule has 0 bridgehead atoms. The molecule has 1 unspecified atom stereocenters. The molecule has 3 heterocycles. The molecular formula is C28H25N7O6. The quantitative estimate of drug-likeness (QED) is 0.149. The number of aromatic carboxylic acids is 1. The number of benzene rings is 2. The molecule has 0 aliphatic carbocycles. The van der Waals surface area contributed by atoms with Gasteiger partial charge in [0.2, 0.25) is 5.91 Å². The van der Waals surface area contributed by atoms with Crippen LogP contribution in [0.4, 0.5) is 5.69 Å². The van der Waals surface area contributed by atoms with E-state index in [-0.39, 0.29) is 34.5 Å². The summed E-state index contributed by atoms with van der Waals surface area (Å²) in [5.41, 5.74) is 14.7. The highest BCUT2D eigenvalue weighted by Gasteiger charge is 2.29. The predicted octanol–water partition coefficient (Wildman–Crippen LogP) is 1.75. The number of aromatic nitrogens is 3. The highest BCUT2D eigenvalue weighted by molar-refractivity contribution is 5.98. The van der Waals surface area contributed by atoms with Crippen LogP contribution in [0, 0.1) is 0 Å². The number of carboxylic acids is 1. The summed E-state index contributed by atoms with van der Waals surface area (Å²) in [7, 11) is 0. The lowest BCUT2D eigenvalue weighted by Gasteiger charge is -2.17. The fourth-order valence-corrected chi connectivity index (χ4v) is 4.40. The van der Waals surface area contributed by atoms with Crippen LogP contribution in [0.25, 0.3) is 11.3 Å². The first-order valence-electron chi connectivity index (χ1n) is 12.4. The van der Waals surface area contributed by atoms with Crippen molar-refractivity contribution in [3.8, 4) is 5.75 Å². The van der Waals surface area contributed by atoms with Gasteiger partial charge in [-0.15, -0.1) is 0 Å². The number of primary amides is 1. The molecule has 2 atom stereocenters. The fourth-order valence-electron chi connectivity index (χ4n) is 4.40. The maximum atomic E-state index is 13.4. The maximum absolute atomic E-state index is 13.4. The number of nitrogens with one attached hydrogen (secondary N) is 2. The maximum Gasteiger partial charge on any atom is 0.335 e. The number of rotatable bonds is 9. The number of nitrogens with two attached hydrogens (primary N) is 2. The Labute approximate surface area is 232 Å². The molecule has 5 rings (SSSR count). The first-order valence-corrected chi connectivity index (χ1v) is 12.4. The van der Waals surface area contributed by atoms with E-state index in [1.165, 1.54) is 41.0 Å². The number of carbonyl (C=O) groups excluding carboxylic acids is 3. The van der Waals surface area contributed by atoms with Gasteiger partial charge in [0.15, 0.2) is 5.65 Å². The molecule has 2 amide bonds. The molecule has 2 aromatic carbocycles. The zero-order chi connectivity index (χ0) is 29.4. The predicted molar refractivity (Wildman–Crippen MR) is 147 cm³/mol. The van der Waals surface area contributed by atoms with Crippen molar-refractivity contribution >= 4 is 40.8 Å². The van der Waals surface area contributed by atoms with Crippen LogP contribution in [0.5, 0.6) is 5.75 Å². The molecule has 1 aliphatic heterocycles. The van der Waals surface area contributed by atoms with Gasteiger partial charge in [-0.3, -0.25) is 14.4 Å². The zero-order valence-corrected chi connectivity index (χ0v) is 21.7. The molecule has 208 valence electrons. The summed E-state index contributed by atoms with van der Waals surface area (Å²) in [5.74, 6) is -2.82. The van der Waals surface area contributed by atoms with Crippen molar-refractivity contribution in [1.82, 2.24) is 25.2 Å². The Morgan fingerprint density at radius 1 is 1.17 bits per heavy atom. The average molecular weight is 556 g/mol. The van der Waals surface area contributed by atoms with E-state index in [1.54, 1.807) is 13.0 Å². The molecule has 4 aromatic rings. The Morgan fingerprint density at radius 3 is 2.59 bits per heavy atom. The number of nitrogens with zero attached hydrogens (tertiary/aromatic N) is 3. The number of carboxylic acid groups (broad SMARTS) is 1. The van der Waals surface area contributed by atoms with Gasteiger partial charge in [-0.2, -0.15) is 5.10 Å². The summed E-state index contributed by atoms with van der Waals surface area (Å²) in [4.78, 5) is 53.2. The lowest BCUT2D eigenvalue weighted by molar-refractivity contribution is -0.133. The number of fused-ring (bicyclic) bond motifs is 2. The van der Waals surface area contributed by atoms with Crippen molar-refractivity contribution < 1.29 is 29.0 Å². The third-order valence-electron chi connectivity index (χ3n) is 6.70. The largest absolute Gasteiger partial charge is 0.478 e. The number of amides is 2.